The van der Waals surface area contributed by atoms with Crippen LogP contribution in [0.5, 0.6) is 0 Å². The van der Waals surface area contributed by atoms with Crippen molar-refractivity contribution in [2.24, 2.45) is 0 Å². The Bertz CT molecular complexity index is 406. The van der Waals surface area contributed by atoms with Crippen molar-refractivity contribution < 1.29 is 0 Å². The molecular weight excluding hydrogens is 236 g/mol. The number of pyridine rings is 2. The molecule has 0 aliphatic rings. The van der Waals surface area contributed by atoms with E-state index in [0.717, 1.165) is 21.2 Å². The third-order valence-corrected chi connectivity index (χ3v) is 3.54. The van der Waals surface area contributed by atoms with E-state index in [0.29, 0.717) is 0 Å². The lowest BCUT2D eigenvalue weighted by atomic mass is 10.1. The number of hydrogen-bond acceptors (Lipinski definition) is 4. The van der Waals surface area contributed by atoms with Gasteiger partial charge in [0, 0.05) is 23.5 Å². The Labute approximate surface area is 104 Å². The Morgan fingerprint density at radius 2 is 1.19 bits per heavy atom. The zero-order chi connectivity index (χ0) is 11.4. The predicted molar refractivity (Wildman–Crippen MR) is 71.0 cm³/mol. The van der Waals surface area contributed by atoms with Gasteiger partial charge in [0.2, 0.25) is 0 Å². The molecule has 2 aromatic rings. The quantitative estimate of drug-likeness (QED) is 0.775. The number of hydrogen-bond donors (Lipinski definition) is 0. The van der Waals surface area contributed by atoms with Crippen molar-refractivity contribution in [2.45, 2.75) is 10.1 Å². The van der Waals surface area contributed by atoms with Crippen molar-refractivity contribution >= 4 is 23.5 Å². The molecule has 0 N–H and O–H groups in total. The lowest BCUT2D eigenvalue weighted by Crippen LogP contribution is -1.84. The molecule has 0 saturated carbocycles. The fourth-order valence-corrected chi connectivity index (χ4v) is 2.07. The van der Waals surface area contributed by atoms with Crippen LogP contribution < -0.4 is 0 Å². The molecule has 0 bridgehead atoms. The maximum atomic E-state index is 4.35. The average molecular weight is 248 g/mol. The second-order valence-corrected chi connectivity index (χ2v) is 4.83. The molecule has 0 unspecified atom stereocenters. The minimum Gasteiger partial charge on any atom is -0.249 e. The van der Waals surface area contributed by atoms with Gasteiger partial charge >= 0.3 is 0 Å². The average Bonchev–Trinajstić information content (AvgIpc) is 2.39. The molecule has 0 amide bonds. The summed E-state index contributed by atoms with van der Waals surface area (Å²) in [7, 11) is 0. The molecule has 0 spiro atoms. The molecule has 0 aliphatic heterocycles. The molecule has 4 heteroatoms. The Morgan fingerprint density at radius 1 is 0.750 bits per heavy atom. The van der Waals surface area contributed by atoms with Gasteiger partial charge in [-0.05, 0) is 24.6 Å². The third kappa shape index (κ3) is 2.57. The summed E-state index contributed by atoms with van der Waals surface area (Å²) in [6.45, 7) is 0. The summed E-state index contributed by atoms with van der Waals surface area (Å²) in [4.78, 5) is 8.69. The molecule has 16 heavy (non-hydrogen) atoms. The zero-order valence-electron chi connectivity index (χ0n) is 9.18. The van der Waals surface area contributed by atoms with Crippen LogP contribution in [0.2, 0.25) is 0 Å². The van der Waals surface area contributed by atoms with Crippen LogP contribution in [0.25, 0.3) is 11.1 Å². The van der Waals surface area contributed by atoms with Gasteiger partial charge in [-0.25, -0.2) is 9.97 Å². The van der Waals surface area contributed by atoms with Crippen molar-refractivity contribution in [3.05, 3.63) is 36.7 Å². The number of aromatic nitrogens is 2. The Balaban J connectivity index is 2.28. The highest BCUT2D eigenvalue weighted by atomic mass is 32.2. The highest BCUT2D eigenvalue weighted by Crippen LogP contribution is 2.21. The first-order chi connectivity index (χ1) is 7.83. The normalized spacial score (nSPS) is 10.4. The van der Waals surface area contributed by atoms with E-state index in [-0.39, 0.29) is 0 Å². The molecule has 0 aromatic carbocycles. The van der Waals surface area contributed by atoms with Gasteiger partial charge in [-0.3, -0.25) is 0 Å². The van der Waals surface area contributed by atoms with Gasteiger partial charge in [0.05, 0.1) is 10.1 Å². The van der Waals surface area contributed by atoms with Crippen molar-refractivity contribution in [2.75, 3.05) is 12.5 Å². The summed E-state index contributed by atoms with van der Waals surface area (Å²) in [6, 6.07) is 8.22. The maximum Gasteiger partial charge on any atom is 0.0957 e. The molecule has 82 valence electrons. The minimum atomic E-state index is 1.04. The maximum absolute atomic E-state index is 4.35. The molecule has 2 rings (SSSR count). The van der Waals surface area contributed by atoms with E-state index in [1.54, 1.807) is 23.5 Å². The fraction of sp³-hybridized carbons (Fsp3) is 0.167. The van der Waals surface area contributed by atoms with E-state index in [4.69, 9.17) is 0 Å². The minimum absolute atomic E-state index is 1.04. The first-order valence-corrected chi connectivity index (χ1v) is 7.29. The van der Waals surface area contributed by atoms with Gasteiger partial charge in [0.1, 0.15) is 0 Å². The summed E-state index contributed by atoms with van der Waals surface area (Å²) >= 11 is 3.30. The van der Waals surface area contributed by atoms with Gasteiger partial charge < -0.3 is 0 Å². The lowest BCUT2D eigenvalue weighted by molar-refractivity contribution is 1.12. The highest BCUT2D eigenvalue weighted by molar-refractivity contribution is 7.98. The standard InChI is InChI=1S/C12H12N2S2/c1-15-11-5-3-9(7-13-11)10-4-6-12(16-2)14-8-10/h3-8H,1-2H3. The second kappa shape index (κ2) is 5.37. The predicted octanol–water partition coefficient (Wildman–Crippen LogP) is 3.59. The molecule has 2 heterocycles. The smallest absolute Gasteiger partial charge is 0.0957 e. The van der Waals surface area contributed by atoms with Crippen LogP contribution in [-0.4, -0.2) is 22.5 Å². The largest absolute Gasteiger partial charge is 0.249 e. The first-order valence-electron chi connectivity index (χ1n) is 4.84. The van der Waals surface area contributed by atoms with Gasteiger partial charge in [0.15, 0.2) is 0 Å². The summed E-state index contributed by atoms with van der Waals surface area (Å²) in [5, 5.41) is 2.08. The van der Waals surface area contributed by atoms with Crippen LogP contribution in [0.1, 0.15) is 0 Å². The van der Waals surface area contributed by atoms with E-state index in [1.165, 1.54) is 0 Å². The molecule has 2 aromatic heterocycles. The van der Waals surface area contributed by atoms with Crippen LogP contribution >= 0.6 is 23.5 Å². The van der Waals surface area contributed by atoms with E-state index in [9.17, 15) is 0 Å². The zero-order valence-corrected chi connectivity index (χ0v) is 10.8. The Hall–Kier alpha value is -1.00. The molecular formula is C12H12N2S2. The summed E-state index contributed by atoms with van der Waals surface area (Å²) in [6.07, 6.45) is 7.83. The number of nitrogens with zero attached hydrogens (tertiary/aromatic N) is 2. The summed E-state index contributed by atoms with van der Waals surface area (Å²) in [5.41, 5.74) is 2.22. The molecule has 0 fully saturated rings. The summed E-state index contributed by atoms with van der Waals surface area (Å²) in [5.74, 6) is 0. The molecule has 0 atom stereocenters. The molecule has 2 nitrogen and oxygen atoms in total. The highest BCUT2D eigenvalue weighted by Gasteiger charge is 1.99. The van der Waals surface area contributed by atoms with Gasteiger partial charge in [0.25, 0.3) is 0 Å². The van der Waals surface area contributed by atoms with Crippen molar-refractivity contribution in [3.63, 3.8) is 0 Å². The van der Waals surface area contributed by atoms with E-state index in [1.807, 2.05) is 37.0 Å². The number of rotatable bonds is 3. The van der Waals surface area contributed by atoms with E-state index >= 15 is 0 Å². The van der Waals surface area contributed by atoms with Crippen LogP contribution in [0.15, 0.2) is 46.7 Å². The third-order valence-electron chi connectivity index (χ3n) is 2.22. The monoisotopic (exact) mass is 248 g/mol. The molecule has 0 saturated heterocycles. The topological polar surface area (TPSA) is 25.8 Å². The lowest BCUT2D eigenvalue weighted by Gasteiger charge is -2.02. The number of thioether (sulfide) groups is 2. The Morgan fingerprint density at radius 3 is 1.44 bits per heavy atom. The van der Waals surface area contributed by atoms with Crippen LogP contribution in [0.3, 0.4) is 0 Å². The Kier molecular flexibility index (Phi) is 3.85. The van der Waals surface area contributed by atoms with Crippen molar-refractivity contribution in [1.29, 1.82) is 0 Å². The van der Waals surface area contributed by atoms with Crippen LogP contribution in [-0.2, 0) is 0 Å². The van der Waals surface area contributed by atoms with Gasteiger partial charge in [-0.15, -0.1) is 23.5 Å². The van der Waals surface area contributed by atoms with Gasteiger partial charge in [-0.1, -0.05) is 12.1 Å². The van der Waals surface area contributed by atoms with Crippen molar-refractivity contribution in [1.82, 2.24) is 9.97 Å². The fourth-order valence-electron chi connectivity index (χ4n) is 1.34. The van der Waals surface area contributed by atoms with Gasteiger partial charge in [-0.2, -0.15) is 0 Å². The van der Waals surface area contributed by atoms with Crippen LogP contribution in [0, 0.1) is 0 Å². The van der Waals surface area contributed by atoms with Crippen molar-refractivity contribution in [3.8, 4) is 11.1 Å². The van der Waals surface area contributed by atoms with E-state index < -0.39 is 0 Å². The second-order valence-electron chi connectivity index (χ2n) is 3.18. The van der Waals surface area contributed by atoms with Crippen LogP contribution in [0.4, 0.5) is 0 Å². The first kappa shape index (κ1) is 11.5. The summed E-state index contributed by atoms with van der Waals surface area (Å²) < 4.78 is 0. The SMILES string of the molecule is CSc1ccc(-c2ccc(SC)nc2)cn1. The molecule has 0 aliphatic carbocycles. The molecule has 0 radical (unpaired) electrons. The van der Waals surface area contributed by atoms with E-state index in [2.05, 4.69) is 22.1 Å².